The second kappa shape index (κ2) is 7.70. The van der Waals surface area contributed by atoms with Crippen molar-refractivity contribution in [3.05, 3.63) is 70.8 Å². The fraction of sp³-hybridized carbons (Fsp3) is 0.261. The van der Waals surface area contributed by atoms with Gasteiger partial charge in [-0.1, -0.05) is 41.6 Å². The highest BCUT2D eigenvalue weighted by molar-refractivity contribution is 6.28. The van der Waals surface area contributed by atoms with Gasteiger partial charge in [0.1, 0.15) is 11.6 Å². The molecule has 1 aliphatic rings. The third-order valence-corrected chi connectivity index (χ3v) is 5.84. The Hall–Kier alpha value is -2.96. The molecule has 0 saturated carbocycles. The molecule has 5 rings (SSSR count). The van der Waals surface area contributed by atoms with Gasteiger partial charge in [0.05, 0.1) is 17.3 Å². The van der Waals surface area contributed by atoms with Crippen molar-refractivity contribution in [3.63, 3.8) is 0 Å². The highest BCUT2D eigenvalue weighted by Crippen LogP contribution is 2.36. The Balaban J connectivity index is 1.68. The maximum absolute atomic E-state index is 6.34. The van der Waals surface area contributed by atoms with Crippen molar-refractivity contribution in [1.29, 1.82) is 0 Å². The van der Waals surface area contributed by atoms with Crippen molar-refractivity contribution >= 4 is 28.3 Å². The number of hydrogen-bond acceptors (Lipinski definition) is 6. The van der Waals surface area contributed by atoms with E-state index >= 15 is 0 Å². The Labute approximate surface area is 179 Å². The summed E-state index contributed by atoms with van der Waals surface area (Å²) < 4.78 is 5.38. The number of nitrogens with zero attached hydrogens (tertiary/aromatic N) is 4. The van der Waals surface area contributed by atoms with Crippen LogP contribution in [0.2, 0.25) is 5.28 Å². The summed E-state index contributed by atoms with van der Waals surface area (Å²) in [6.07, 6.45) is 0. The van der Waals surface area contributed by atoms with Gasteiger partial charge in [-0.2, -0.15) is 4.98 Å². The van der Waals surface area contributed by atoms with Crippen LogP contribution >= 0.6 is 11.6 Å². The first-order chi connectivity index (χ1) is 14.6. The van der Waals surface area contributed by atoms with E-state index in [1.54, 1.807) is 0 Å². The Morgan fingerprint density at radius 2 is 1.93 bits per heavy atom. The van der Waals surface area contributed by atoms with E-state index in [4.69, 9.17) is 16.1 Å². The maximum Gasteiger partial charge on any atom is 0.224 e. The van der Waals surface area contributed by atoms with E-state index in [2.05, 4.69) is 55.7 Å². The average Bonchev–Trinajstić information content (AvgIpc) is 3.11. The van der Waals surface area contributed by atoms with Gasteiger partial charge >= 0.3 is 0 Å². The number of aromatic nitrogens is 3. The van der Waals surface area contributed by atoms with Gasteiger partial charge < -0.3 is 14.7 Å². The summed E-state index contributed by atoms with van der Waals surface area (Å²) in [5.41, 5.74) is 4.99. The van der Waals surface area contributed by atoms with Crippen molar-refractivity contribution in [2.24, 2.45) is 0 Å². The number of aryl methyl sites for hydroxylation is 2. The zero-order valence-electron chi connectivity index (χ0n) is 16.9. The Morgan fingerprint density at radius 3 is 2.70 bits per heavy atom. The van der Waals surface area contributed by atoms with E-state index in [0.717, 1.165) is 58.9 Å². The Kier molecular flexibility index (Phi) is 4.89. The monoisotopic (exact) mass is 419 g/mol. The normalized spacial score (nSPS) is 16.9. The van der Waals surface area contributed by atoms with E-state index in [9.17, 15) is 0 Å². The molecular weight excluding hydrogens is 398 g/mol. The summed E-state index contributed by atoms with van der Waals surface area (Å²) in [6, 6.07) is 16.8. The lowest BCUT2D eigenvalue weighted by Gasteiger charge is -2.38. The molecule has 0 bridgehead atoms. The molecule has 1 fully saturated rings. The van der Waals surface area contributed by atoms with Crippen LogP contribution in [0.5, 0.6) is 0 Å². The number of anilines is 1. The van der Waals surface area contributed by atoms with Gasteiger partial charge in [0.2, 0.25) is 5.28 Å². The summed E-state index contributed by atoms with van der Waals surface area (Å²) >= 11 is 6.34. The number of fused-ring (bicyclic) bond motifs is 1. The molecule has 1 saturated heterocycles. The SMILES string of the molecule is Cc1noc(C)c1-c1ccc2nc(Cl)nc(N3CCNC[C@@H]3c3ccccc3)c2c1. The van der Waals surface area contributed by atoms with Gasteiger partial charge in [-0.3, -0.25) is 0 Å². The van der Waals surface area contributed by atoms with Crippen LogP contribution in [0.3, 0.4) is 0 Å². The summed E-state index contributed by atoms with van der Waals surface area (Å²) in [7, 11) is 0. The van der Waals surface area contributed by atoms with Crippen molar-refractivity contribution in [1.82, 2.24) is 20.4 Å². The molecule has 0 amide bonds. The minimum absolute atomic E-state index is 0.164. The van der Waals surface area contributed by atoms with E-state index in [0.29, 0.717) is 0 Å². The molecular formula is C23H22ClN5O. The number of rotatable bonds is 3. The Morgan fingerprint density at radius 1 is 1.10 bits per heavy atom. The minimum Gasteiger partial charge on any atom is -0.361 e. The first-order valence-corrected chi connectivity index (χ1v) is 10.4. The highest BCUT2D eigenvalue weighted by atomic mass is 35.5. The zero-order chi connectivity index (χ0) is 20.7. The molecule has 1 aliphatic heterocycles. The number of hydrogen-bond donors (Lipinski definition) is 1. The van der Waals surface area contributed by atoms with Gasteiger partial charge in [0, 0.05) is 30.6 Å². The van der Waals surface area contributed by atoms with Crippen LogP contribution in [0.4, 0.5) is 5.82 Å². The minimum atomic E-state index is 0.164. The highest BCUT2D eigenvalue weighted by Gasteiger charge is 2.27. The zero-order valence-corrected chi connectivity index (χ0v) is 17.6. The van der Waals surface area contributed by atoms with Crippen molar-refractivity contribution in [3.8, 4) is 11.1 Å². The first-order valence-electron chi connectivity index (χ1n) is 10.0. The van der Waals surface area contributed by atoms with Crippen LogP contribution in [0.25, 0.3) is 22.0 Å². The van der Waals surface area contributed by atoms with Gasteiger partial charge in [-0.15, -0.1) is 0 Å². The molecule has 6 nitrogen and oxygen atoms in total. The lowest BCUT2D eigenvalue weighted by molar-refractivity contribution is 0.393. The van der Waals surface area contributed by atoms with Gasteiger partial charge in [-0.25, -0.2) is 4.98 Å². The smallest absolute Gasteiger partial charge is 0.224 e. The Bertz CT molecular complexity index is 1190. The second-order valence-electron chi connectivity index (χ2n) is 7.57. The lowest BCUT2D eigenvalue weighted by Crippen LogP contribution is -2.46. The molecule has 3 heterocycles. The number of piperazine rings is 1. The van der Waals surface area contributed by atoms with Gasteiger partial charge in [0.25, 0.3) is 0 Å². The molecule has 7 heteroatoms. The molecule has 0 radical (unpaired) electrons. The van der Waals surface area contributed by atoms with Gasteiger partial charge in [0.15, 0.2) is 0 Å². The van der Waals surface area contributed by atoms with Crippen LogP contribution in [-0.2, 0) is 0 Å². The van der Waals surface area contributed by atoms with Gasteiger partial charge in [-0.05, 0) is 48.7 Å². The fourth-order valence-corrected chi connectivity index (χ4v) is 4.46. The molecule has 30 heavy (non-hydrogen) atoms. The molecule has 1 atom stereocenters. The van der Waals surface area contributed by atoms with Crippen molar-refractivity contribution in [2.75, 3.05) is 24.5 Å². The third-order valence-electron chi connectivity index (χ3n) is 5.67. The van der Waals surface area contributed by atoms with Crippen molar-refractivity contribution in [2.45, 2.75) is 19.9 Å². The summed E-state index contributed by atoms with van der Waals surface area (Å²) in [4.78, 5) is 11.5. The predicted octanol–water partition coefficient (Wildman–Crippen LogP) is 4.71. The van der Waals surface area contributed by atoms with Crippen molar-refractivity contribution < 1.29 is 4.52 Å². The van der Waals surface area contributed by atoms with Crippen LogP contribution < -0.4 is 10.2 Å². The number of benzene rings is 2. The molecule has 2 aromatic heterocycles. The topological polar surface area (TPSA) is 67.1 Å². The first kappa shape index (κ1) is 19.0. The van der Waals surface area contributed by atoms with E-state index < -0.39 is 0 Å². The number of halogens is 1. The predicted molar refractivity (Wildman–Crippen MR) is 119 cm³/mol. The molecule has 1 N–H and O–H groups in total. The summed E-state index contributed by atoms with van der Waals surface area (Å²) in [5, 5.41) is 8.84. The van der Waals surface area contributed by atoms with Crippen LogP contribution in [-0.4, -0.2) is 34.8 Å². The molecule has 152 valence electrons. The molecule has 0 unspecified atom stereocenters. The van der Waals surface area contributed by atoms with E-state index in [1.165, 1.54) is 5.56 Å². The summed E-state index contributed by atoms with van der Waals surface area (Å²) in [6.45, 7) is 6.45. The molecule has 4 aromatic rings. The molecule has 2 aromatic carbocycles. The second-order valence-corrected chi connectivity index (χ2v) is 7.91. The lowest BCUT2D eigenvalue weighted by atomic mass is 10.00. The quantitative estimate of drug-likeness (QED) is 0.485. The molecule has 0 aliphatic carbocycles. The van der Waals surface area contributed by atoms with E-state index in [-0.39, 0.29) is 11.3 Å². The largest absolute Gasteiger partial charge is 0.361 e. The van der Waals surface area contributed by atoms with Crippen LogP contribution in [0.15, 0.2) is 53.1 Å². The average molecular weight is 420 g/mol. The van der Waals surface area contributed by atoms with Crippen LogP contribution in [0, 0.1) is 13.8 Å². The third kappa shape index (κ3) is 3.32. The number of nitrogens with one attached hydrogen (secondary N) is 1. The van der Waals surface area contributed by atoms with Crippen LogP contribution in [0.1, 0.15) is 23.1 Å². The fourth-order valence-electron chi connectivity index (χ4n) is 4.29. The standard InChI is InChI=1S/C23H22ClN5O/c1-14-21(15(2)30-28-14)17-8-9-19-18(12-17)22(27-23(24)26-19)29-11-10-25-13-20(29)16-6-4-3-5-7-16/h3-9,12,20,25H,10-11,13H2,1-2H3/t20-/m1/s1. The summed E-state index contributed by atoms with van der Waals surface area (Å²) in [5.74, 6) is 1.65. The van der Waals surface area contributed by atoms with E-state index in [1.807, 2.05) is 32.0 Å². The molecule has 0 spiro atoms. The maximum atomic E-state index is 6.34.